The third-order valence-electron chi connectivity index (χ3n) is 4.71. The lowest BCUT2D eigenvalue weighted by Gasteiger charge is -2.21. The van der Waals surface area contributed by atoms with Crippen molar-refractivity contribution in [2.75, 3.05) is 11.9 Å². The number of imide groups is 1. The monoisotopic (exact) mass is 405 g/mol. The average molecular weight is 405 g/mol. The van der Waals surface area contributed by atoms with Gasteiger partial charge in [0.05, 0.1) is 5.69 Å². The number of benzene rings is 2. The zero-order chi connectivity index (χ0) is 21.2. The van der Waals surface area contributed by atoms with Crippen molar-refractivity contribution >= 4 is 23.5 Å². The minimum atomic E-state index is -1.73. The van der Waals surface area contributed by atoms with Crippen LogP contribution in [0.4, 0.5) is 23.7 Å². The van der Waals surface area contributed by atoms with E-state index in [9.17, 15) is 27.6 Å². The van der Waals surface area contributed by atoms with Crippen LogP contribution in [0.15, 0.2) is 42.5 Å². The van der Waals surface area contributed by atoms with E-state index in [1.807, 2.05) is 35.6 Å². The number of nitrogens with one attached hydrogen (secondary N) is 2. The molecule has 0 aliphatic carbocycles. The minimum Gasteiger partial charge on any atom is -0.323 e. The highest BCUT2D eigenvalue weighted by molar-refractivity contribution is 6.09. The van der Waals surface area contributed by atoms with Crippen LogP contribution in [0.2, 0.25) is 0 Å². The summed E-state index contributed by atoms with van der Waals surface area (Å²) in [6.07, 6.45) is 0.848. The van der Waals surface area contributed by atoms with E-state index in [2.05, 4.69) is 5.32 Å². The molecular formula is C20H18F3N3O3. The Morgan fingerprint density at radius 2 is 1.76 bits per heavy atom. The normalized spacial score (nSPS) is 18.7. The van der Waals surface area contributed by atoms with Gasteiger partial charge in [-0.25, -0.2) is 18.0 Å². The highest BCUT2D eigenvalue weighted by atomic mass is 19.2. The standard InChI is InChI=1S/C20H18F3N3O3/c1-20(10-9-12-5-3-2-4-6-12)18(28)26(19(29)25-20)11-15(27)24-14-8-7-13(21)16(22)17(14)23/h2-8H,9-11H2,1H3,(H,24,27)(H,25,29)/t20-/m1/s1. The van der Waals surface area contributed by atoms with Crippen molar-refractivity contribution < 1.29 is 27.6 Å². The maximum absolute atomic E-state index is 13.7. The Kier molecular flexibility index (Phi) is 5.58. The third kappa shape index (κ3) is 4.23. The predicted molar refractivity (Wildman–Crippen MR) is 98.4 cm³/mol. The van der Waals surface area contributed by atoms with Crippen LogP contribution >= 0.6 is 0 Å². The molecule has 0 saturated carbocycles. The number of anilines is 1. The van der Waals surface area contributed by atoms with Crippen molar-refractivity contribution in [1.29, 1.82) is 0 Å². The van der Waals surface area contributed by atoms with Crippen molar-refractivity contribution in [3.05, 3.63) is 65.5 Å². The Morgan fingerprint density at radius 1 is 1.07 bits per heavy atom. The molecule has 4 amide bonds. The van der Waals surface area contributed by atoms with Gasteiger partial charge in [-0.2, -0.15) is 0 Å². The second-order valence-corrected chi connectivity index (χ2v) is 6.91. The van der Waals surface area contributed by atoms with E-state index in [0.717, 1.165) is 11.6 Å². The summed E-state index contributed by atoms with van der Waals surface area (Å²) in [5.74, 6) is -6.22. The molecule has 152 valence electrons. The third-order valence-corrected chi connectivity index (χ3v) is 4.71. The molecule has 0 spiro atoms. The fraction of sp³-hybridized carbons (Fsp3) is 0.250. The van der Waals surface area contributed by atoms with Gasteiger partial charge in [0.15, 0.2) is 17.5 Å². The minimum absolute atomic E-state index is 0.317. The lowest BCUT2D eigenvalue weighted by atomic mass is 9.93. The average Bonchev–Trinajstić information content (AvgIpc) is 2.91. The van der Waals surface area contributed by atoms with Crippen molar-refractivity contribution in [2.24, 2.45) is 0 Å². The van der Waals surface area contributed by atoms with E-state index in [4.69, 9.17) is 0 Å². The van der Waals surface area contributed by atoms with E-state index in [1.54, 1.807) is 6.92 Å². The van der Waals surface area contributed by atoms with Crippen LogP contribution in [-0.2, 0) is 16.0 Å². The molecule has 6 nitrogen and oxygen atoms in total. The second kappa shape index (κ2) is 7.94. The highest BCUT2D eigenvalue weighted by Gasteiger charge is 2.47. The van der Waals surface area contributed by atoms with Gasteiger partial charge in [0.1, 0.15) is 12.1 Å². The molecule has 1 aliphatic heterocycles. The predicted octanol–water partition coefficient (Wildman–Crippen LogP) is 2.99. The molecule has 1 atom stereocenters. The quantitative estimate of drug-likeness (QED) is 0.573. The Balaban J connectivity index is 1.65. The lowest BCUT2D eigenvalue weighted by molar-refractivity contribution is -0.133. The Morgan fingerprint density at radius 3 is 2.45 bits per heavy atom. The van der Waals surface area contributed by atoms with Gasteiger partial charge >= 0.3 is 6.03 Å². The van der Waals surface area contributed by atoms with E-state index >= 15 is 0 Å². The molecule has 0 radical (unpaired) electrons. The number of rotatable bonds is 6. The fourth-order valence-electron chi connectivity index (χ4n) is 3.05. The summed E-state index contributed by atoms with van der Waals surface area (Å²) in [5.41, 5.74) is -0.797. The lowest BCUT2D eigenvalue weighted by Crippen LogP contribution is -2.45. The first kappa shape index (κ1) is 20.4. The van der Waals surface area contributed by atoms with Gasteiger partial charge in [0.2, 0.25) is 5.91 Å². The van der Waals surface area contributed by atoms with E-state index in [-0.39, 0.29) is 0 Å². The molecule has 29 heavy (non-hydrogen) atoms. The zero-order valence-electron chi connectivity index (χ0n) is 15.5. The number of urea groups is 1. The number of hydrogen-bond donors (Lipinski definition) is 2. The summed E-state index contributed by atoms with van der Waals surface area (Å²) in [5, 5.41) is 4.61. The molecule has 1 fully saturated rings. The van der Waals surface area contributed by atoms with Crippen LogP contribution in [0.1, 0.15) is 18.9 Å². The molecule has 0 bridgehead atoms. The number of aryl methyl sites for hydroxylation is 1. The summed E-state index contributed by atoms with van der Waals surface area (Å²) in [6.45, 7) is 0.868. The maximum atomic E-state index is 13.7. The van der Waals surface area contributed by atoms with Gasteiger partial charge in [-0.1, -0.05) is 30.3 Å². The number of carbonyl (C=O) groups excluding carboxylic acids is 3. The second-order valence-electron chi connectivity index (χ2n) is 6.91. The molecule has 9 heteroatoms. The SMILES string of the molecule is C[C@]1(CCc2ccccc2)NC(=O)N(CC(=O)Nc2ccc(F)c(F)c2F)C1=O. The Bertz CT molecular complexity index is 968. The summed E-state index contributed by atoms with van der Waals surface area (Å²) in [6, 6.07) is 10.1. The van der Waals surface area contributed by atoms with Crippen molar-refractivity contribution in [1.82, 2.24) is 10.2 Å². The summed E-state index contributed by atoms with van der Waals surface area (Å²) < 4.78 is 39.9. The largest absolute Gasteiger partial charge is 0.325 e. The summed E-state index contributed by atoms with van der Waals surface area (Å²) in [7, 11) is 0. The van der Waals surface area contributed by atoms with Crippen LogP contribution in [-0.4, -0.2) is 34.8 Å². The van der Waals surface area contributed by atoms with E-state index in [0.29, 0.717) is 23.8 Å². The first-order chi connectivity index (χ1) is 13.7. The van der Waals surface area contributed by atoms with Crippen molar-refractivity contribution in [3.8, 4) is 0 Å². The first-order valence-corrected chi connectivity index (χ1v) is 8.82. The number of halogens is 3. The highest BCUT2D eigenvalue weighted by Crippen LogP contribution is 2.24. The number of hydrogen-bond acceptors (Lipinski definition) is 3. The summed E-state index contributed by atoms with van der Waals surface area (Å²) in [4.78, 5) is 37.7. The molecule has 0 unspecified atom stereocenters. The molecule has 1 heterocycles. The van der Waals surface area contributed by atoms with Gasteiger partial charge in [-0.15, -0.1) is 0 Å². The molecule has 2 N–H and O–H groups in total. The molecule has 1 saturated heterocycles. The van der Waals surface area contributed by atoms with Gasteiger partial charge in [0.25, 0.3) is 5.91 Å². The molecule has 2 aromatic carbocycles. The van der Waals surface area contributed by atoms with Gasteiger partial charge in [-0.3, -0.25) is 14.5 Å². The summed E-state index contributed by atoms with van der Waals surface area (Å²) >= 11 is 0. The van der Waals surface area contributed by atoms with Crippen LogP contribution in [0.25, 0.3) is 0 Å². The van der Waals surface area contributed by atoms with Gasteiger partial charge in [0, 0.05) is 0 Å². The fourth-order valence-corrected chi connectivity index (χ4v) is 3.05. The van der Waals surface area contributed by atoms with E-state index < -0.39 is 53.1 Å². The molecular weight excluding hydrogens is 387 g/mol. The zero-order valence-corrected chi connectivity index (χ0v) is 15.5. The van der Waals surface area contributed by atoms with E-state index in [1.165, 1.54) is 0 Å². The molecule has 3 rings (SSSR count). The van der Waals surface area contributed by atoms with Crippen LogP contribution < -0.4 is 10.6 Å². The van der Waals surface area contributed by atoms with Crippen LogP contribution in [0, 0.1) is 17.5 Å². The number of carbonyl (C=O) groups is 3. The van der Waals surface area contributed by atoms with Gasteiger partial charge in [-0.05, 0) is 37.5 Å². The van der Waals surface area contributed by atoms with Crippen LogP contribution in [0.3, 0.4) is 0 Å². The van der Waals surface area contributed by atoms with Crippen molar-refractivity contribution in [3.63, 3.8) is 0 Å². The van der Waals surface area contributed by atoms with Crippen molar-refractivity contribution in [2.45, 2.75) is 25.3 Å². The topological polar surface area (TPSA) is 78.5 Å². The number of nitrogens with zero attached hydrogens (tertiary/aromatic N) is 1. The Labute approximate surface area is 164 Å². The molecule has 2 aromatic rings. The molecule has 1 aliphatic rings. The molecule has 0 aromatic heterocycles. The number of amides is 4. The first-order valence-electron chi connectivity index (χ1n) is 8.82. The van der Waals surface area contributed by atoms with Crippen LogP contribution in [0.5, 0.6) is 0 Å². The smallest absolute Gasteiger partial charge is 0.323 e. The van der Waals surface area contributed by atoms with Gasteiger partial charge < -0.3 is 10.6 Å². The Hall–Kier alpha value is -3.36. The maximum Gasteiger partial charge on any atom is 0.325 e.